The molecule has 0 fully saturated rings. The third-order valence-electron chi connectivity index (χ3n) is 3.07. The van der Waals surface area contributed by atoms with E-state index >= 15 is 0 Å². The lowest BCUT2D eigenvalue weighted by atomic mass is 9.96. The topological polar surface area (TPSA) is 23.9 Å². The van der Waals surface area contributed by atoms with Crippen LogP contribution in [0, 0.1) is 12.3 Å². The fraction of sp³-hybridized carbons (Fsp3) is 0.211. The number of benzene rings is 1. The molecule has 1 rings (SSSR count). The van der Waals surface area contributed by atoms with Gasteiger partial charge in [-0.25, -0.2) is 0 Å². The molecule has 20 heavy (non-hydrogen) atoms. The maximum Gasteiger partial charge on any atom is 0.0611 e. The van der Waals surface area contributed by atoms with Gasteiger partial charge in [0.15, 0.2) is 0 Å². The second-order valence-corrected chi connectivity index (χ2v) is 4.61. The highest BCUT2D eigenvalue weighted by molar-refractivity contribution is 6.08. The van der Waals surface area contributed by atoms with Crippen LogP contribution in [-0.2, 0) is 0 Å². The maximum atomic E-state index is 8.16. The number of aryl methyl sites for hydroxylation is 1. The Morgan fingerprint density at radius 2 is 2.10 bits per heavy atom. The van der Waals surface area contributed by atoms with Crippen LogP contribution in [0.15, 0.2) is 61.2 Å². The highest BCUT2D eigenvalue weighted by atomic mass is 14.4. The van der Waals surface area contributed by atoms with Crippen molar-refractivity contribution in [1.82, 2.24) is 0 Å². The Kier molecular flexibility index (Phi) is 6.45. The van der Waals surface area contributed by atoms with E-state index in [1.54, 1.807) is 0 Å². The Morgan fingerprint density at radius 1 is 1.35 bits per heavy atom. The fourth-order valence-corrected chi connectivity index (χ4v) is 1.90. The summed E-state index contributed by atoms with van der Waals surface area (Å²) < 4.78 is 0. The first-order valence-corrected chi connectivity index (χ1v) is 6.96. The Hall–Kier alpha value is -2.15. The lowest BCUT2D eigenvalue weighted by molar-refractivity contribution is 1.22. The molecule has 1 aromatic carbocycles. The molecular weight excluding hydrogens is 242 g/mol. The molecule has 104 valence electrons. The van der Waals surface area contributed by atoms with Crippen LogP contribution in [0.25, 0.3) is 5.57 Å². The number of allylic oxidation sites excluding steroid dienone is 7. The van der Waals surface area contributed by atoms with Gasteiger partial charge in [-0.3, -0.25) is 0 Å². The molecule has 0 saturated heterocycles. The summed E-state index contributed by atoms with van der Waals surface area (Å²) in [7, 11) is 0. The van der Waals surface area contributed by atoms with E-state index in [4.69, 9.17) is 5.41 Å². The summed E-state index contributed by atoms with van der Waals surface area (Å²) in [5.41, 5.74) is 4.81. The molecule has 0 unspecified atom stereocenters. The van der Waals surface area contributed by atoms with E-state index in [1.807, 2.05) is 50.3 Å². The van der Waals surface area contributed by atoms with E-state index in [1.165, 1.54) is 0 Å². The lowest BCUT2D eigenvalue weighted by Crippen LogP contribution is -1.99. The van der Waals surface area contributed by atoms with Gasteiger partial charge in [0.2, 0.25) is 0 Å². The molecule has 0 saturated carbocycles. The molecule has 0 atom stereocenters. The molecule has 0 aromatic heterocycles. The summed E-state index contributed by atoms with van der Waals surface area (Å²) in [6.45, 7) is 9.97. The van der Waals surface area contributed by atoms with Crippen LogP contribution in [0.3, 0.4) is 0 Å². The standard InChI is InChI=1S/C19H23N/c1-5-8-10-16(7-3)17-13-12-15(4)18(14-17)19(20)11-9-6-2/h5,7-14,20H,3,6H2,1-2,4H3/b8-5-,11-9-,16-10+,20-19?. The number of hydrogen-bond donors (Lipinski definition) is 1. The number of nitrogens with one attached hydrogen (secondary N) is 1. The van der Waals surface area contributed by atoms with Crippen LogP contribution in [0.4, 0.5) is 0 Å². The minimum Gasteiger partial charge on any atom is -0.300 e. The van der Waals surface area contributed by atoms with Crippen LogP contribution in [-0.4, -0.2) is 5.71 Å². The minimum atomic E-state index is 0.556. The van der Waals surface area contributed by atoms with Gasteiger partial charge in [-0.15, -0.1) is 0 Å². The molecule has 0 heterocycles. The van der Waals surface area contributed by atoms with Crippen LogP contribution >= 0.6 is 0 Å². The van der Waals surface area contributed by atoms with E-state index in [2.05, 4.69) is 31.7 Å². The first-order valence-electron chi connectivity index (χ1n) is 6.96. The lowest BCUT2D eigenvalue weighted by Gasteiger charge is -2.09. The van der Waals surface area contributed by atoms with E-state index in [0.717, 1.165) is 28.7 Å². The molecular formula is C19H23N. The van der Waals surface area contributed by atoms with Crippen molar-refractivity contribution in [3.8, 4) is 0 Å². The zero-order valence-electron chi connectivity index (χ0n) is 12.6. The van der Waals surface area contributed by atoms with Crippen LogP contribution in [0.2, 0.25) is 0 Å². The molecule has 0 radical (unpaired) electrons. The van der Waals surface area contributed by atoms with Gasteiger partial charge in [-0.05, 0) is 49.1 Å². The second kappa shape index (κ2) is 8.11. The molecule has 0 aliphatic carbocycles. The Balaban J connectivity index is 3.23. The van der Waals surface area contributed by atoms with Crippen LogP contribution in [0.5, 0.6) is 0 Å². The minimum absolute atomic E-state index is 0.556. The van der Waals surface area contributed by atoms with Crippen molar-refractivity contribution in [1.29, 1.82) is 5.41 Å². The molecule has 1 N–H and O–H groups in total. The summed E-state index contributed by atoms with van der Waals surface area (Å²) >= 11 is 0. The summed E-state index contributed by atoms with van der Waals surface area (Å²) in [6, 6.07) is 6.20. The summed E-state index contributed by atoms with van der Waals surface area (Å²) in [5, 5.41) is 8.16. The average molecular weight is 265 g/mol. The summed E-state index contributed by atoms with van der Waals surface area (Å²) in [4.78, 5) is 0. The zero-order chi connectivity index (χ0) is 15.0. The van der Waals surface area contributed by atoms with Crippen molar-refractivity contribution in [3.63, 3.8) is 0 Å². The molecule has 0 aliphatic rings. The molecule has 1 heteroatoms. The molecule has 0 aliphatic heterocycles. The maximum absolute atomic E-state index is 8.16. The van der Waals surface area contributed by atoms with Crippen molar-refractivity contribution in [2.75, 3.05) is 0 Å². The second-order valence-electron chi connectivity index (χ2n) is 4.61. The van der Waals surface area contributed by atoms with Crippen molar-refractivity contribution < 1.29 is 0 Å². The van der Waals surface area contributed by atoms with E-state index in [-0.39, 0.29) is 0 Å². The van der Waals surface area contributed by atoms with Gasteiger partial charge in [0.25, 0.3) is 0 Å². The third kappa shape index (κ3) is 4.20. The molecule has 1 aromatic rings. The average Bonchev–Trinajstić information content (AvgIpc) is 2.46. The molecule has 1 nitrogen and oxygen atoms in total. The van der Waals surface area contributed by atoms with Crippen molar-refractivity contribution in [2.45, 2.75) is 27.2 Å². The van der Waals surface area contributed by atoms with Crippen LogP contribution in [0.1, 0.15) is 37.0 Å². The van der Waals surface area contributed by atoms with Crippen molar-refractivity contribution >= 4 is 11.3 Å². The van der Waals surface area contributed by atoms with E-state index in [9.17, 15) is 0 Å². The van der Waals surface area contributed by atoms with Gasteiger partial charge in [0.05, 0.1) is 5.71 Å². The summed E-state index contributed by atoms with van der Waals surface area (Å²) in [5.74, 6) is 0. The molecule has 0 bridgehead atoms. The quantitative estimate of drug-likeness (QED) is 0.520. The predicted molar refractivity (Wildman–Crippen MR) is 90.4 cm³/mol. The van der Waals surface area contributed by atoms with Gasteiger partial charge in [-0.1, -0.05) is 56.0 Å². The van der Waals surface area contributed by atoms with Crippen molar-refractivity contribution in [2.24, 2.45) is 0 Å². The van der Waals surface area contributed by atoms with Gasteiger partial charge < -0.3 is 5.41 Å². The first-order chi connectivity index (χ1) is 9.63. The number of rotatable bonds is 6. The van der Waals surface area contributed by atoms with Gasteiger partial charge >= 0.3 is 0 Å². The smallest absolute Gasteiger partial charge is 0.0611 e. The Labute approximate surface area is 122 Å². The normalized spacial score (nSPS) is 12.2. The zero-order valence-corrected chi connectivity index (χ0v) is 12.6. The molecule has 0 amide bonds. The highest BCUT2D eigenvalue weighted by Gasteiger charge is 2.05. The van der Waals surface area contributed by atoms with Crippen LogP contribution < -0.4 is 0 Å². The first kappa shape index (κ1) is 15.9. The highest BCUT2D eigenvalue weighted by Crippen LogP contribution is 2.20. The summed E-state index contributed by atoms with van der Waals surface area (Å²) in [6.07, 6.45) is 12.7. The number of hydrogen-bond acceptors (Lipinski definition) is 1. The van der Waals surface area contributed by atoms with Crippen molar-refractivity contribution in [3.05, 3.63) is 77.9 Å². The van der Waals surface area contributed by atoms with Gasteiger partial charge in [0, 0.05) is 5.56 Å². The predicted octanol–water partition coefficient (Wildman–Crippen LogP) is 5.47. The van der Waals surface area contributed by atoms with Gasteiger partial charge in [-0.2, -0.15) is 0 Å². The Morgan fingerprint density at radius 3 is 2.70 bits per heavy atom. The largest absolute Gasteiger partial charge is 0.300 e. The molecule has 0 spiro atoms. The van der Waals surface area contributed by atoms with E-state index < -0.39 is 0 Å². The Bertz CT molecular complexity index is 571. The third-order valence-corrected chi connectivity index (χ3v) is 3.07. The SMILES string of the molecule is C=C/C(=C\C=C/C)c1ccc(C)c(C(=N)/C=C\CC)c1. The monoisotopic (exact) mass is 265 g/mol. The van der Waals surface area contributed by atoms with E-state index in [0.29, 0.717) is 5.71 Å². The van der Waals surface area contributed by atoms with Gasteiger partial charge in [0.1, 0.15) is 0 Å². The fourth-order valence-electron chi connectivity index (χ4n) is 1.90.